The molecule has 0 spiro atoms. The largest absolute Gasteiger partial charge is 0.487 e. The lowest BCUT2D eigenvalue weighted by molar-refractivity contribution is 0.150. The molecule has 0 bridgehead atoms. The van der Waals surface area contributed by atoms with E-state index < -0.39 is 0 Å². The molecule has 0 aliphatic carbocycles. The van der Waals surface area contributed by atoms with Crippen LogP contribution in [0.4, 0.5) is 0 Å². The summed E-state index contributed by atoms with van der Waals surface area (Å²) in [7, 11) is 0. The number of ether oxygens (including phenoxy) is 1. The molecule has 1 unspecified atom stereocenters. The van der Waals surface area contributed by atoms with E-state index in [-0.39, 0.29) is 0 Å². The van der Waals surface area contributed by atoms with E-state index in [4.69, 9.17) is 4.74 Å². The third-order valence-corrected chi connectivity index (χ3v) is 5.34. The number of pyridine rings is 1. The van der Waals surface area contributed by atoms with Gasteiger partial charge in [-0.25, -0.2) is 0 Å². The lowest BCUT2D eigenvalue weighted by atomic mass is 10.0. The van der Waals surface area contributed by atoms with E-state index in [0.717, 1.165) is 18.0 Å². The summed E-state index contributed by atoms with van der Waals surface area (Å²) in [5.74, 6) is 1.00. The second-order valence-corrected chi connectivity index (χ2v) is 7.47. The number of benzene rings is 1. The van der Waals surface area contributed by atoms with Crippen LogP contribution in [-0.2, 0) is 13.2 Å². The third-order valence-electron chi connectivity index (χ3n) is 5.34. The normalized spacial score (nSPS) is 18.3. The van der Waals surface area contributed by atoms with Crippen molar-refractivity contribution >= 4 is 0 Å². The molecule has 1 saturated heterocycles. The molecule has 1 aliphatic heterocycles. The zero-order valence-electron chi connectivity index (χ0n) is 16.0. The van der Waals surface area contributed by atoms with Crippen molar-refractivity contribution in [3.8, 4) is 5.75 Å². The highest BCUT2D eigenvalue weighted by molar-refractivity contribution is 5.42. The zero-order valence-corrected chi connectivity index (χ0v) is 16.0. The van der Waals surface area contributed by atoms with E-state index in [1.165, 1.54) is 48.1 Å². The predicted molar refractivity (Wildman–Crippen MR) is 103 cm³/mol. The monoisotopic (exact) mass is 338 g/mol. The summed E-state index contributed by atoms with van der Waals surface area (Å²) in [6.07, 6.45) is 5.81. The predicted octanol–water partition coefficient (Wildman–Crippen LogP) is 4.96. The minimum atomic E-state index is 0.521. The second kappa shape index (κ2) is 8.01. The van der Waals surface area contributed by atoms with Gasteiger partial charge in [0, 0.05) is 24.3 Å². The Kier molecular flexibility index (Phi) is 5.74. The Bertz CT molecular complexity index is 726. The van der Waals surface area contributed by atoms with E-state index >= 15 is 0 Å². The standard InChI is InChI=1S/C22H30N2O/c1-16-8-9-23-21(11-16)15-25-22-13-18(3)17(2)12-20(22)14-24-10-6-5-7-19(24)4/h8-9,11-13,19H,5-7,10,14-15H2,1-4H3. The second-order valence-electron chi connectivity index (χ2n) is 7.47. The number of likely N-dealkylation sites (tertiary alicyclic amines) is 1. The van der Waals surface area contributed by atoms with Crippen molar-refractivity contribution in [2.45, 2.75) is 66.2 Å². The van der Waals surface area contributed by atoms with E-state index in [1.54, 1.807) is 0 Å². The highest BCUT2D eigenvalue weighted by Gasteiger charge is 2.20. The Morgan fingerprint density at radius 1 is 1.12 bits per heavy atom. The number of hydrogen-bond acceptors (Lipinski definition) is 3. The molecule has 2 aromatic rings. The summed E-state index contributed by atoms with van der Waals surface area (Å²) in [6.45, 7) is 11.4. The van der Waals surface area contributed by atoms with Crippen LogP contribution in [0, 0.1) is 20.8 Å². The molecular formula is C22H30N2O. The first-order valence-electron chi connectivity index (χ1n) is 9.41. The smallest absolute Gasteiger partial charge is 0.130 e. The summed E-state index contributed by atoms with van der Waals surface area (Å²) in [5.41, 5.74) is 6.11. The molecular weight excluding hydrogens is 308 g/mol. The Morgan fingerprint density at radius 3 is 2.68 bits per heavy atom. The van der Waals surface area contributed by atoms with Gasteiger partial charge in [-0.3, -0.25) is 9.88 Å². The molecule has 0 N–H and O–H groups in total. The van der Waals surface area contributed by atoms with Crippen LogP contribution in [0.1, 0.15) is 54.1 Å². The van der Waals surface area contributed by atoms with Gasteiger partial charge in [-0.2, -0.15) is 0 Å². The van der Waals surface area contributed by atoms with E-state index in [9.17, 15) is 0 Å². The van der Waals surface area contributed by atoms with Crippen LogP contribution in [0.3, 0.4) is 0 Å². The molecule has 1 aromatic heterocycles. The number of aryl methyl sites for hydroxylation is 3. The van der Waals surface area contributed by atoms with Crippen LogP contribution >= 0.6 is 0 Å². The van der Waals surface area contributed by atoms with Crippen molar-refractivity contribution in [1.82, 2.24) is 9.88 Å². The van der Waals surface area contributed by atoms with Gasteiger partial charge in [0.25, 0.3) is 0 Å². The number of piperidine rings is 1. The molecule has 1 aromatic carbocycles. The van der Waals surface area contributed by atoms with E-state index in [1.807, 2.05) is 12.3 Å². The molecule has 0 saturated carbocycles. The van der Waals surface area contributed by atoms with Crippen molar-refractivity contribution < 1.29 is 4.74 Å². The first-order chi connectivity index (χ1) is 12.0. The molecule has 0 radical (unpaired) electrons. The molecule has 3 rings (SSSR count). The van der Waals surface area contributed by atoms with Gasteiger partial charge in [0.05, 0.1) is 5.69 Å². The number of nitrogens with zero attached hydrogens (tertiary/aromatic N) is 2. The van der Waals surface area contributed by atoms with Crippen LogP contribution in [0.25, 0.3) is 0 Å². The van der Waals surface area contributed by atoms with Gasteiger partial charge in [0.2, 0.25) is 0 Å². The first kappa shape index (κ1) is 17.9. The summed E-state index contributed by atoms with van der Waals surface area (Å²) in [4.78, 5) is 7.01. The molecule has 25 heavy (non-hydrogen) atoms. The van der Waals surface area contributed by atoms with Crippen molar-refractivity contribution in [1.29, 1.82) is 0 Å². The Hall–Kier alpha value is -1.87. The van der Waals surface area contributed by atoms with Gasteiger partial charge in [0.1, 0.15) is 12.4 Å². The number of hydrogen-bond donors (Lipinski definition) is 0. The molecule has 2 heterocycles. The Morgan fingerprint density at radius 2 is 1.92 bits per heavy atom. The SMILES string of the molecule is Cc1ccnc(COc2cc(C)c(C)cc2CN2CCCCC2C)c1. The Balaban J connectivity index is 1.78. The summed E-state index contributed by atoms with van der Waals surface area (Å²) in [5, 5.41) is 0. The minimum absolute atomic E-state index is 0.521. The fraction of sp³-hybridized carbons (Fsp3) is 0.500. The highest BCUT2D eigenvalue weighted by Crippen LogP contribution is 2.28. The number of rotatable bonds is 5. The van der Waals surface area contributed by atoms with Gasteiger partial charge in [0.15, 0.2) is 0 Å². The fourth-order valence-corrected chi connectivity index (χ4v) is 3.55. The quantitative estimate of drug-likeness (QED) is 0.770. The summed E-state index contributed by atoms with van der Waals surface area (Å²) in [6, 6.07) is 9.25. The lowest BCUT2D eigenvalue weighted by Gasteiger charge is -2.33. The van der Waals surface area contributed by atoms with Crippen molar-refractivity contribution in [2.75, 3.05) is 6.54 Å². The summed E-state index contributed by atoms with van der Waals surface area (Å²) >= 11 is 0. The van der Waals surface area contributed by atoms with E-state index in [2.05, 4.69) is 55.8 Å². The van der Waals surface area contributed by atoms with Crippen LogP contribution in [0.15, 0.2) is 30.5 Å². The minimum Gasteiger partial charge on any atom is -0.487 e. The number of aromatic nitrogens is 1. The van der Waals surface area contributed by atoms with Gasteiger partial charge in [-0.15, -0.1) is 0 Å². The molecule has 1 fully saturated rings. The maximum Gasteiger partial charge on any atom is 0.130 e. The summed E-state index contributed by atoms with van der Waals surface area (Å²) < 4.78 is 6.20. The van der Waals surface area contributed by atoms with Gasteiger partial charge in [-0.1, -0.05) is 12.5 Å². The van der Waals surface area contributed by atoms with Crippen molar-refractivity contribution in [2.24, 2.45) is 0 Å². The molecule has 1 atom stereocenters. The lowest BCUT2D eigenvalue weighted by Crippen LogP contribution is -2.36. The van der Waals surface area contributed by atoms with Gasteiger partial charge < -0.3 is 4.74 Å². The van der Waals surface area contributed by atoms with Gasteiger partial charge in [-0.05, 0) is 82.0 Å². The third kappa shape index (κ3) is 4.60. The molecule has 3 nitrogen and oxygen atoms in total. The first-order valence-corrected chi connectivity index (χ1v) is 9.41. The van der Waals surface area contributed by atoms with E-state index in [0.29, 0.717) is 12.6 Å². The fourth-order valence-electron chi connectivity index (χ4n) is 3.55. The van der Waals surface area contributed by atoms with Crippen molar-refractivity contribution in [3.05, 3.63) is 58.4 Å². The average Bonchev–Trinajstić information content (AvgIpc) is 2.59. The molecule has 3 heteroatoms. The zero-order chi connectivity index (χ0) is 17.8. The molecule has 134 valence electrons. The van der Waals surface area contributed by atoms with Crippen LogP contribution in [-0.4, -0.2) is 22.5 Å². The average molecular weight is 338 g/mol. The maximum absolute atomic E-state index is 6.20. The molecule has 0 amide bonds. The van der Waals surface area contributed by atoms with Crippen LogP contribution < -0.4 is 4.74 Å². The highest BCUT2D eigenvalue weighted by atomic mass is 16.5. The van der Waals surface area contributed by atoms with Crippen molar-refractivity contribution in [3.63, 3.8) is 0 Å². The Labute approximate surface area is 152 Å². The van der Waals surface area contributed by atoms with Gasteiger partial charge >= 0.3 is 0 Å². The topological polar surface area (TPSA) is 25.4 Å². The molecule has 1 aliphatic rings. The van der Waals surface area contributed by atoms with Crippen LogP contribution in [0.5, 0.6) is 5.75 Å². The maximum atomic E-state index is 6.20. The van der Waals surface area contributed by atoms with Crippen LogP contribution in [0.2, 0.25) is 0 Å².